The van der Waals surface area contributed by atoms with E-state index < -0.39 is 0 Å². The Labute approximate surface area is 122 Å². The minimum absolute atomic E-state index is 0.365. The van der Waals surface area contributed by atoms with Gasteiger partial charge in [-0.15, -0.1) is 0 Å². The number of rotatable bonds is 4. The van der Waals surface area contributed by atoms with Crippen molar-refractivity contribution in [1.82, 2.24) is 9.80 Å². The summed E-state index contributed by atoms with van der Waals surface area (Å²) >= 11 is 0. The SMILES string of the molecule is NCCCN1CCCN(C(=O)C2CC3CCC2C3)CC1. The summed E-state index contributed by atoms with van der Waals surface area (Å²) in [5.74, 6) is 2.41. The Hall–Kier alpha value is -0.610. The summed E-state index contributed by atoms with van der Waals surface area (Å²) in [5.41, 5.74) is 5.59. The van der Waals surface area contributed by atoms with Crippen LogP contribution in [0, 0.1) is 17.8 Å². The number of amides is 1. The van der Waals surface area contributed by atoms with Crippen molar-refractivity contribution in [2.45, 2.75) is 38.5 Å². The van der Waals surface area contributed by atoms with Crippen molar-refractivity contribution in [1.29, 1.82) is 0 Å². The van der Waals surface area contributed by atoms with Gasteiger partial charge in [-0.1, -0.05) is 6.42 Å². The number of nitrogens with two attached hydrogens (primary N) is 1. The van der Waals surface area contributed by atoms with Gasteiger partial charge in [-0.25, -0.2) is 0 Å². The van der Waals surface area contributed by atoms with E-state index in [4.69, 9.17) is 5.73 Å². The molecule has 0 radical (unpaired) electrons. The first-order valence-corrected chi connectivity index (χ1v) is 8.49. The zero-order chi connectivity index (χ0) is 13.9. The molecule has 1 aliphatic heterocycles. The average Bonchev–Trinajstić information content (AvgIpc) is 3.01. The van der Waals surface area contributed by atoms with Crippen molar-refractivity contribution in [2.24, 2.45) is 23.5 Å². The van der Waals surface area contributed by atoms with Gasteiger partial charge in [0, 0.05) is 25.6 Å². The number of hydrogen-bond donors (Lipinski definition) is 1. The third kappa shape index (κ3) is 3.01. The highest BCUT2D eigenvalue weighted by atomic mass is 16.2. The van der Waals surface area contributed by atoms with Gasteiger partial charge in [0.25, 0.3) is 0 Å². The van der Waals surface area contributed by atoms with Crippen LogP contribution >= 0.6 is 0 Å². The smallest absolute Gasteiger partial charge is 0.226 e. The van der Waals surface area contributed by atoms with E-state index in [0.29, 0.717) is 17.7 Å². The summed E-state index contributed by atoms with van der Waals surface area (Å²) < 4.78 is 0. The van der Waals surface area contributed by atoms with Crippen molar-refractivity contribution < 1.29 is 4.79 Å². The molecule has 3 unspecified atom stereocenters. The van der Waals surface area contributed by atoms with Gasteiger partial charge in [-0.05, 0) is 63.6 Å². The van der Waals surface area contributed by atoms with E-state index in [-0.39, 0.29) is 0 Å². The predicted molar refractivity (Wildman–Crippen MR) is 80.2 cm³/mol. The normalized spacial score (nSPS) is 34.5. The Bertz CT molecular complexity index is 347. The molecule has 2 aliphatic carbocycles. The van der Waals surface area contributed by atoms with Crippen molar-refractivity contribution in [2.75, 3.05) is 39.3 Å². The molecular formula is C16H29N3O. The molecule has 1 amide bonds. The molecule has 3 rings (SSSR count). The van der Waals surface area contributed by atoms with Crippen LogP contribution in [0.5, 0.6) is 0 Å². The number of hydrogen-bond acceptors (Lipinski definition) is 3. The maximum atomic E-state index is 12.8. The van der Waals surface area contributed by atoms with Gasteiger partial charge in [0.1, 0.15) is 0 Å². The standard InChI is InChI=1S/C16H29N3O/c17-5-1-6-18-7-2-8-19(10-9-18)16(20)15-12-13-3-4-14(15)11-13/h13-15H,1-12,17H2. The van der Waals surface area contributed by atoms with E-state index in [0.717, 1.165) is 58.0 Å². The first-order chi connectivity index (χ1) is 9.78. The molecule has 0 aromatic heterocycles. The fourth-order valence-corrected chi connectivity index (χ4v) is 4.51. The lowest BCUT2D eigenvalue weighted by molar-refractivity contribution is -0.137. The minimum atomic E-state index is 0.365. The summed E-state index contributed by atoms with van der Waals surface area (Å²) in [6.07, 6.45) is 7.38. The van der Waals surface area contributed by atoms with Crippen LogP contribution in [-0.4, -0.2) is 55.0 Å². The quantitative estimate of drug-likeness (QED) is 0.844. The Kier molecular flexibility index (Phi) is 4.61. The Morgan fingerprint density at radius 2 is 2.00 bits per heavy atom. The Morgan fingerprint density at radius 3 is 2.70 bits per heavy atom. The maximum absolute atomic E-state index is 12.8. The number of carbonyl (C=O) groups excluding carboxylic acids is 1. The molecule has 4 heteroatoms. The van der Waals surface area contributed by atoms with Gasteiger partial charge in [-0.3, -0.25) is 4.79 Å². The molecule has 0 aromatic rings. The molecule has 2 N–H and O–H groups in total. The molecule has 2 saturated carbocycles. The van der Waals surface area contributed by atoms with Gasteiger partial charge in [0.2, 0.25) is 5.91 Å². The topological polar surface area (TPSA) is 49.6 Å². The minimum Gasteiger partial charge on any atom is -0.341 e. The lowest BCUT2D eigenvalue weighted by Crippen LogP contribution is -2.40. The fourth-order valence-electron chi connectivity index (χ4n) is 4.51. The van der Waals surface area contributed by atoms with Crippen LogP contribution in [0.15, 0.2) is 0 Å². The zero-order valence-corrected chi connectivity index (χ0v) is 12.6. The van der Waals surface area contributed by atoms with E-state index >= 15 is 0 Å². The van der Waals surface area contributed by atoms with Crippen molar-refractivity contribution in [3.63, 3.8) is 0 Å². The predicted octanol–water partition coefficient (Wildman–Crippen LogP) is 1.31. The van der Waals surface area contributed by atoms with E-state index in [1.807, 2.05) is 0 Å². The molecular weight excluding hydrogens is 250 g/mol. The summed E-state index contributed by atoms with van der Waals surface area (Å²) in [6.45, 7) is 5.91. The van der Waals surface area contributed by atoms with Crippen LogP contribution in [0.4, 0.5) is 0 Å². The van der Waals surface area contributed by atoms with Gasteiger partial charge in [0.05, 0.1) is 0 Å². The molecule has 3 aliphatic rings. The third-order valence-corrected chi connectivity index (χ3v) is 5.63. The summed E-state index contributed by atoms with van der Waals surface area (Å²) in [6, 6.07) is 0. The van der Waals surface area contributed by atoms with Crippen molar-refractivity contribution in [3.8, 4) is 0 Å². The lowest BCUT2D eigenvalue weighted by atomic mass is 9.87. The molecule has 114 valence electrons. The fraction of sp³-hybridized carbons (Fsp3) is 0.938. The van der Waals surface area contributed by atoms with Crippen LogP contribution in [0.3, 0.4) is 0 Å². The van der Waals surface area contributed by atoms with Gasteiger partial charge in [0.15, 0.2) is 0 Å². The largest absolute Gasteiger partial charge is 0.341 e. The molecule has 2 bridgehead atoms. The zero-order valence-electron chi connectivity index (χ0n) is 12.6. The molecule has 20 heavy (non-hydrogen) atoms. The molecule has 4 nitrogen and oxygen atoms in total. The Morgan fingerprint density at radius 1 is 1.10 bits per heavy atom. The van der Waals surface area contributed by atoms with E-state index in [1.165, 1.54) is 25.7 Å². The summed E-state index contributed by atoms with van der Waals surface area (Å²) in [7, 11) is 0. The van der Waals surface area contributed by atoms with E-state index in [2.05, 4.69) is 9.80 Å². The number of nitrogens with zero attached hydrogens (tertiary/aromatic N) is 2. The van der Waals surface area contributed by atoms with Crippen LogP contribution in [0.1, 0.15) is 38.5 Å². The monoisotopic (exact) mass is 279 g/mol. The second-order valence-corrected chi connectivity index (χ2v) is 6.94. The maximum Gasteiger partial charge on any atom is 0.226 e. The second-order valence-electron chi connectivity index (χ2n) is 6.94. The average molecular weight is 279 g/mol. The van der Waals surface area contributed by atoms with Crippen LogP contribution in [-0.2, 0) is 4.79 Å². The Balaban J connectivity index is 1.51. The summed E-state index contributed by atoms with van der Waals surface area (Å²) in [5, 5.41) is 0. The van der Waals surface area contributed by atoms with Crippen molar-refractivity contribution >= 4 is 5.91 Å². The molecule has 1 saturated heterocycles. The van der Waals surface area contributed by atoms with Crippen LogP contribution in [0.25, 0.3) is 0 Å². The highest BCUT2D eigenvalue weighted by molar-refractivity contribution is 5.79. The van der Waals surface area contributed by atoms with E-state index in [1.54, 1.807) is 0 Å². The van der Waals surface area contributed by atoms with Gasteiger partial charge >= 0.3 is 0 Å². The lowest BCUT2D eigenvalue weighted by Gasteiger charge is -2.28. The van der Waals surface area contributed by atoms with Crippen LogP contribution in [0.2, 0.25) is 0 Å². The second kappa shape index (κ2) is 6.44. The molecule has 3 atom stereocenters. The number of fused-ring (bicyclic) bond motifs is 2. The first kappa shape index (κ1) is 14.3. The van der Waals surface area contributed by atoms with Crippen LogP contribution < -0.4 is 5.73 Å². The van der Waals surface area contributed by atoms with Crippen molar-refractivity contribution in [3.05, 3.63) is 0 Å². The van der Waals surface area contributed by atoms with E-state index in [9.17, 15) is 4.79 Å². The number of carbonyl (C=O) groups is 1. The van der Waals surface area contributed by atoms with Gasteiger partial charge in [-0.2, -0.15) is 0 Å². The van der Waals surface area contributed by atoms with Gasteiger partial charge < -0.3 is 15.5 Å². The third-order valence-electron chi connectivity index (χ3n) is 5.63. The summed E-state index contributed by atoms with van der Waals surface area (Å²) in [4.78, 5) is 17.4. The highest BCUT2D eigenvalue weighted by Crippen LogP contribution is 2.48. The molecule has 1 heterocycles. The molecule has 0 spiro atoms. The molecule has 3 fully saturated rings. The first-order valence-electron chi connectivity index (χ1n) is 8.49. The molecule has 0 aromatic carbocycles. The highest BCUT2D eigenvalue weighted by Gasteiger charge is 2.44.